The molecule has 1 heterocycles. The van der Waals surface area contributed by atoms with Crippen LogP contribution >= 0.6 is 11.6 Å². The molecule has 0 amide bonds. The molecular formula is C14H16ClNO2. The number of nitrogens with two attached hydrogens (primary N) is 1. The molecule has 18 heavy (non-hydrogen) atoms. The third-order valence-corrected chi connectivity index (χ3v) is 3.03. The van der Waals surface area contributed by atoms with Crippen LogP contribution in [0.15, 0.2) is 28.7 Å². The third kappa shape index (κ3) is 2.86. The largest absolute Gasteiger partial charge is 0.485 e. The van der Waals surface area contributed by atoms with E-state index in [-0.39, 0.29) is 0 Å². The van der Waals surface area contributed by atoms with Crippen LogP contribution in [-0.4, -0.2) is 0 Å². The second-order valence-corrected chi connectivity index (χ2v) is 4.63. The molecule has 0 aliphatic carbocycles. The van der Waals surface area contributed by atoms with Gasteiger partial charge in [-0.15, -0.1) is 0 Å². The Morgan fingerprint density at radius 1 is 1.28 bits per heavy atom. The Labute approximate surface area is 111 Å². The van der Waals surface area contributed by atoms with Gasteiger partial charge in [0, 0.05) is 17.1 Å². The first-order valence-corrected chi connectivity index (χ1v) is 6.15. The number of furan rings is 1. The van der Waals surface area contributed by atoms with Crippen LogP contribution in [0.1, 0.15) is 22.6 Å². The van der Waals surface area contributed by atoms with Crippen LogP contribution in [0.4, 0.5) is 0 Å². The quantitative estimate of drug-likeness (QED) is 0.919. The van der Waals surface area contributed by atoms with Crippen molar-refractivity contribution in [1.82, 2.24) is 0 Å². The molecule has 0 aliphatic heterocycles. The maximum Gasteiger partial charge on any atom is 0.146 e. The summed E-state index contributed by atoms with van der Waals surface area (Å²) in [7, 11) is 0. The van der Waals surface area contributed by atoms with Crippen LogP contribution < -0.4 is 10.5 Å². The van der Waals surface area contributed by atoms with Crippen molar-refractivity contribution in [3.05, 3.63) is 51.9 Å². The fraction of sp³-hybridized carbons (Fsp3) is 0.286. The molecule has 0 atom stereocenters. The topological polar surface area (TPSA) is 48.4 Å². The maximum absolute atomic E-state index is 5.89. The minimum Gasteiger partial charge on any atom is -0.485 e. The van der Waals surface area contributed by atoms with Crippen molar-refractivity contribution in [2.75, 3.05) is 0 Å². The predicted molar refractivity (Wildman–Crippen MR) is 71.9 cm³/mol. The molecule has 4 heteroatoms. The molecule has 2 N–H and O–H groups in total. The lowest BCUT2D eigenvalue weighted by Crippen LogP contribution is -1.96. The average molecular weight is 266 g/mol. The van der Waals surface area contributed by atoms with E-state index in [1.807, 2.05) is 38.1 Å². The van der Waals surface area contributed by atoms with Crippen LogP contribution in [0, 0.1) is 13.8 Å². The van der Waals surface area contributed by atoms with Gasteiger partial charge in [-0.1, -0.05) is 11.6 Å². The van der Waals surface area contributed by atoms with Gasteiger partial charge in [-0.25, -0.2) is 0 Å². The first-order valence-electron chi connectivity index (χ1n) is 5.77. The van der Waals surface area contributed by atoms with Crippen LogP contribution in [-0.2, 0) is 13.2 Å². The van der Waals surface area contributed by atoms with Gasteiger partial charge in [-0.3, -0.25) is 0 Å². The molecule has 0 fully saturated rings. The van der Waals surface area contributed by atoms with Crippen molar-refractivity contribution >= 4 is 11.6 Å². The molecule has 0 unspecified atom stereocenters. The lowest BCUT2D eigenvalue weighted by atomic mass is 10.2. The molecule has 0 saturated carbocycles. The van der Waals surface area contributed by atoms with Gasteiger partial charge < -0.3 is 14.9 Å². The highest BCUT2D eigenvalue weighted by molar-refractivity contribution is 6.30. The van der Waals surface area contributed by atoms with E-state index in [0.717, 1.165) is 28.4 Å². The van der Waals surface area contributed by atoms with Crippen LogP contribution in [0.5, 0.6) is 5.75 Å². The normalized spacial score (nSPS) is 10.7. The fourth-order valence-electron chi connectivity index (χ4n) is 1.79. The highest BCUT2D eigenvalue weighted by Crippen LogP contribution is 2.23. The zero-order chi connectivity index (χ0) is 13.1. The van der Waals surface area contributed by atoms with Crippen molar-refractivity contribution in [3.8, 4) is 5.75 Å². The molecular weight excluding hydrogens is 250 g/mol. The molecule has 96 valence electrons. The minimum atomic E-state index is 0.392. The number of aryl methyl sites for hydroxylation is 2. The highest BCUT2D eigenvalue weighted by Gasteiger charge is 2.07. The minimum absolute atomic E-state index is 0.392. The summed E-state index contributed by atoms with van der Waals surface area (Å²) in [5.41, 5.74) is 7.62. The SMILES string of the molecule is Cc1cc(Cl)ccc1OCc1cc(CN)c(C)o1. The second-order valence-electron chi connectivity index (χ2n) is 4.20. The second kappa shape index (κ2) is 5.46. The van der Waals surface area contributed by atoms with Gasteiger partial charge in [0.1, 0.15) is 23.9 Å². The smallest absolute Gasteiger partial charge is 0.146 e. The van der Waals surface area contributed by atoms with Crippen LogP contribution in [0.2, 0.25) is 5.02 Å². The van der Waals surface area contributed by atoms with E-state index in [1.165, 1.54) is 0 Å². The van der Waals surface area contributed by atoms with Crippen LogP contribution in [0.3, 0.4) is 0 Å². The number of rotatable bonds is 4. The summed E-state index contributed by atoms with van der Waals surface area (Å²) in [6, 6.07) is 7.47. The Morgan fingerprint density at radius 3 is 2.67 bits per heavy atom. The standard InChI is InChI=1S/C14H16ClNO2/c1-9-5-12(15)3-4-14(9)17-8-13-6-11(7-16)10(2)18-13/h3-6H,7-8,16H2,1-2H3. The van der Waals surface area contributed by atoms with Crippen molar-refractivity contribution in [3.63, 3.8) is 0 Å². The number of hydrogen-bond acceptors (Lipinski definition) is 3. The Kier molecular flexibility index (Phi) is 3.94. The van der Waals surface area contributed by atoms with Gasteiger partial charge in [0.05, 0.1) is 0 Å². The van der Waals surface area contributed by atoms with Gasteiger partial charge in [0.25, 0.3) is 0 Å². The molecule has 0 radical (unpaired) electrons. The van der Waals surface area contributed by atoms with Crippen molar-refractivity contribution in [1.29, 1.82) is 0 Å². The van der Waals surface area contributed by atoms with E-state index in [2.05, 4.69) is 0 Å². The summed E-state index contributed by atoms with van der Waals surface area (Å²) < 4.78 is 11.3. The summed E-state index contributed by atoms with van der Waals surface area (Å²) in [6.45, 7) is 4.73. The van der Waals surface area contributed by atoms with Crippen molar-refractivity contribution < 1.29 is 9.15 Å². The van der Waals surface area contributed by atoms with E-state index in [9.17, 15) is 0 Å². The first kappa shape index (κ1) is 13.0. The summed E-state index contributed by atoms with van der Waals surface area (Å²) in [6.07, 6.45) is 0. The first-order chi connectivity index (χ1) is 8.60. The van der Waals surface area contributed by atoms with Gasteiger partial charge in [-0.2, -0.15) is 0 Å². The molecule has 1 aromatic heterocycles. The number of halogens is 1. The predicted octanol–water partition coefficient (Wildman–Crippen LogP) is 3.59. The lowest BCUT2D eigenvalue weighted by Gasteiger charge is -2.07. The summed E-state index contributed by atoms with van der Waals surface area (Å²) in [5, 5.41) is 0.708. The number of hydrogen-bond donors (Lipinski definition) is 1. The van der Waals surface area contributed by atoms with E-state index in [4.69, 9.17) is 26.5 Å². The molecule has 1 aromatic carbocycles. The summed E-state index contributed by atoms with van der Waals surface area (Å²) in [4.78, 5) is 0. The van der Waals surface area contributed by atoms with Gasteiger partial charge in [-0.05, 0) is 43.7 Å². The Hall–Kier alpha value is -1.45. The molecule has 2 rings (SSSR count). The van der Waals surface area contributed by atoms with E-state index < -0.39 is 0 Å². The van der Waals surface area contributed by atoms with Crippen LogP contribution in [0.25, 0.3) is 0 Å². The van der Waals surface area contributed by atoms with E-state index in [1.54, 1.807) is 0 Å². The Balaban J connectivity index is 2.06. The number of ether oxygens (including phenoxy) is 1. The lowest BCUT2D eigenvalue weighted by molar-refractivity contribution is 0.266. The summed E-state index contributed by atoms with van der Waals surface area (Å²) >= 11 is 5.89. The van der Waals surface area contributed by atoms with E-state index in [0.29, 0.717) is 18.2 Å². The molecule has 0 spiro atoms. The third-order valence-electron chi connectivity index (χ3n) is 2.80. The maximum atomic E-state index is 5.89. The fourth-order valence-corrected chi connectivity index (χ4v) is 2.01. The molecule has 0 aliphatic rings. The Bertz CT molecular complexity index is 549. The monoisotopic (exact) mass is 265 g/mol. The van der Waals surface area contributed by atoms with Gasteiger partial charge >= 0.3 is 0 Å². The average Bonchev–Trinajstić information content (AvgIpc) is 2.69. The molecule has 0 saturated heterocycles. The zero-order valence-corrected chi connectivity index (χ0v) is 11.3. The zero-order valence-electron chi connectivity index (χ0n) is 10.5. The van der Waals surface area contributed by atoms with E-state index >= 15 is 0 Å². The molecule has 0 bridgehead atoms. The van der Waals surface area contributed by atoms with Gasteiger partial charge in [0.2, 0.25) is 0 Å². The van der Waals surface area contributed by atoms with Crippen molar-refractivity contribution in [2.45, 2.75) is 27.0 Å². The Morgan fingerprint density at radius 2 is 2.06 bits per heavy atom. The van der Waals surface area contributed by atoms with Gasteiger partial charge in [0.15, 0.2) is 0 Å². The molecule has 3 nitrogen and oxygen atoms in total. The number of benzene rings is 1. The highest BCUT2D eigenvalue weighted by atomic mass is 35.5. The summed E-state index contributed by atoms with van der Waals surface area (Å²) in [5.74, 6) is 2.44. The van der Waals surface area contributed by atoms with Crippen molar-refractivity contribution in [2.24, 2.45) is 5.73 Å². The molecule has 2 aromatic rings.